The number of hydrogen-bond donors (Lipinski definition) is 0. The summed E-state index contributed by atoms with van der Waals surface area (Å²) in [5, 5.41) is 0. The Morgan fingerprint density at radius 1 is 1.27 bits per heavy atom. The van der Waals surface area contributed by atoms with Crippen LogP contribution in [0.1, 0.15) is 40.0 Å². The normalized spacial score (nSPS) is 18.9. The lowest BCUT2D eigenvalue weighted by atomic mass is 10.0. The molecule has 84 valence electrons. The molecule has 1 fully saturated rings. The molecule has 1 amide bonds. The van der Waals surface area contributed by atoms with Gasteiger partial charge in [-0.05, 0) is 24.8 Å². The van der Waals surface area contributed by atoms with E-state index in [1.54, 1.807) is 0 Å². The van der Waals surface area contributed by atoms with E-state index in [-0.39, 0.29) is 5.91 Å². The van der Waals surface area contributed by atoms with Gasteiger partial charge in [0, 0.05) is 18.7 Å². The lowest BCUT2D eigenvalue weighted by Gasteiger charge is -2.12. The molecular weight excluding hydrogens is 186 g/mol. The highest BCUT2D eigenvalue weighted by molar-refractivity contribution is 6.01. The number of likely N-dealkylation sites (tertiary alicyclic amines) is 1. The van der Waals surface area contributed by atoms with Gasteiger partial charge >= 0.3 is 0 Å². The van der Waals surface area contributed by atoms with Gasteiger partial charge in [0.05, 0.1) is 0 Å². The van der Waals surface area contributed by atoms with E-state index in [1.807, 2.05) is 18.7 Å². The van der Waals surface area contributed by atoms with Crippen LogP contribution >= 0.6 is 0 Å². The molecule has 1 heterocycles. The van der Waals surface area contributed by atoms with Crippen LogP contribution in [0.25, 0.3) is 0 Å². The highest BCUT2D eigenvalue weighted by atomic mass is 16.2. The second-order valence-corrected chi connectivity index (χ2v) is 3.65. The molecule has 1 aliphatic heterocycles. The zero-order valence-electron chi connectivity index (χ0n) is 10.0. The topological polar surface area (TPSA) is 20.3 Å². The molecule has 0 bridgehead atoms. The first-order chi connectivity index (χ1) is 7.33. The fraction of sp³-hybridized carbons (Fsp3) is 0.615. The zero-order valence-corrected chi connectivity index (χ0v) is 10.0. The highest BCUT2D eigenvalue weighted by Gasteiger charge is 2.29. The SMILES string of the molecule is CC.CCCN1CC2=CCCC=C2C1=O. The van der Waals surface area contributed by atoms with E-state index in [0.29, 0.717) is 0 Å². The number of rotatable bonds is 2. The molecule has 0 aromatic carbocycles. The van der Waals surface area contributed by atoms with Crippen LogP contribution in [0.3, 0.4) is 0 Å². The Hall–Kier alpha value is -1.05. The predicted octanol–water partition coefficient (Wildman–Crippen LogP) is 2.91. The fourth-order valence-corrected chi connectivity index (χ4v) is 2.00. The summed E-state index contributed by atoms with van der Waals surface area (Å²) in [5.41, 5.74) is 2.23. The minimum absolute atomic E-state index is 0.243. The van der Waals surface area contributed by atoms with E-state index in [1.165, 1.54) is 5.57 Å². The molecule has 15 heavy (non-hydrogen) atoms. The summed E-state index contributed by atoms with van der Waals surface area (Å²) >= 11 is 0. The summed E-state index contributed by atoms with van der Waals surface area (Å²) in [7, 11) is 0. The Labute approximate surface area is 92.7 Å². The van der Waals surface area contributed by atoms with Gasteiger partial charge in [-0.3, -0.25) is 4.79 Å². The van der Waals surface area contributed by atoms with Crippen molar-refractivity contribution in [2.45, 2.75) is 40.0 Å². The van der Waals surface area contributed by atoms with Gasteiger partial charge < -0.3 is 4.90 Å². The van der Waals surface area contributed by atoms with E-state index in [0.717, 1.165) is 37.9 Å². The van der Waals surface area contributed by atoms with Crippen LogP contribution in [0.5, 0.6) is 0 Å². The largest absolute Gasteiger partial charge is 0.334 e. The number of carbonyl (C=O) groups is 1. The maximum Gasteiger partial charge on any atom is 0.254 e. The summed E-state index contributed by atoms with van der Waals surface area (Å²) < 4.78 is 0. The quantitative estimate of drug-likeness (QED) is 0.681. The molecule has 0 unspecified atom stereocenters. The molecule has 0 spiro atoms. The molecule has 0 atom stereocenters. The van der Waals surface area contributed by atoms with Crippen molar-refractivity contribution in [1.82, 2.24) is 4.90 Å². The molecule has 2 nitrogen and oxygen atoms in total. The summed E-state index contributed by atoms with van der Waals surface area (Å²) in [6, 6.07) is 0. The van der Waals surface area contributed by atoms with Crippen molar-refractivity contribution < 1.29 is 4.79 Å². The Balaban J connectivity index is 0.000000531. The van der Waals surface area contributed by atoms with Gasteiger partial charge in [0.25, 0.3) is 5.91 Å². The lowest BCUT2D eigenvalue weighted by molar-refractivity contribution is -0.124. The fourth-order valence-electron chi connectivity index (χ4n) is 2.00. The monoisotopic (exact) mass is 207 g/mol. The van der Waals surface area contributed by atoms with Crippen molar-refractivity contribution in [2.24, 2.45) is 0 Å². The molecular formula is C13H21NO. The summed E-state index contributed by atoms with van der Waals surface area (Å²) in [6.45, 7) is 7.85. The average molecular weight is 207 g/mol. The molecule has 1 saturated heterocycles. The van der Waals surface area contributed by atoms with Crippen molar-refractivity contribution in [3.8, 4) is 0 Å². The Bertz CT molecular complexity index is 289. The predicted molar refractivity (Wildman–Crippen MR) is 63.6 cm³/mol. The van der Waals surface area contributed by atoms with E-state index in [2.05, 4.69) is 19.1 Å². The number of allylic oxidation sites excluding steroid dienone is 2. The molecule has 0 radical (unpaired) electrons. The molecule has 2 aliphatic rings. The maximum absolute atomic E-state index is 11.7. The van der Waals surface area contributed by atoms with Crippen molar-refractivity contribution >= 4 is 5.91 Å². The van der Waals surface area contributed by atoms with Crippen molar-refractivity contribution in [3.05, 3.63) is 23.3 Å². The molecule has 2 heteroatoms. The molecule has 0 aromatic rings. The number of nitrogens with zero attached hydrogens (tertiary/aromatic N) is 1. The lowest BCUT2D eigenvalue weighted by Crippen LogP contribution is -2.25. The maximum atomic E-state index is 11.7. The number of carbonyl (C=O) groups excluding carboxylic acids is 1. The minimum Gasteiger partial charge on any atom is -0.334 e. The average Bonchev–Trinajstić information content (AvgIpc) is 2.60. The third-order valence-electron chi connectivity index (χ3n) is 2.62. The van der Waals surface area contributed by atoms with E-state index >= 15 is 0 Å². The van der Waals surface area contributed by atoms with Crippen LogP contribution < -0.4 is 0 Å². The van der Waals surface area contributed by atoms with Gasteiger partial charge in [-0.25, -0.2) is 0 Å². The zero-order chi connectivity index (χ0) is 11.3. The first-order valence-corrected chi connectivity index (χ1v) is 6.01. The Morgan fingerprint density at radius 3 is 2.53 bits per heavy atom. The van der Waals surface area contributed by atoms with Crippen molar-refractivity contribution in [3.63, 3.8) is 0 Å². The summed E-state index contributed by atoms with van der Waals surface area (Å²) in [6.07, 6.45) is 7.49. The molecule has 1 aliphatic carbocycles. The molecule has 0 aromatic heterocycles. The first-order valence-electron chi connectivity index (χ1n) is 6.01. The molecule has 0 saturated carbocycles. The Morgan fingerprint density at radius 2 is 1.93 bits per heavy atom. The van der Waals surface area contributed by atoms with E-state index < -0.39 is 0 Å². The summed E-state index contributed by atoms with van der Waals surface area (Å²) in [5.74, 6) is 0.243. The van der Waals surface area contributed by atoms with Crippen LogP contribution in [-0.4, -0.2) is 23.9 Å². The van der Waals surface area contributed by atoms with Gasteiger partial charge in [0.1, 0.15) is 0 Å². The van der Waals surface area contributed by atoms with E-state index in [4.69, 9.17) is 0 Å². The second-order valence-electron chi connectivity index (χ2n) is 3.65. The number of hydrogen-bond acceptors (Lipinski definition) is 1. The number of fused-ring (bicyclic) bond motifs is 1. The van der Waals surface area contributed by atoms with Gasteiger partial charge in [-0.15, -0.1) is 0 Å². The van der Waals surface area contributed by atoms with Gasteiger partial charge in [0.2, 0.25) is 0 Å². The van der Waals surface area contributed by atoms with Crippen molar-refractivity contribution in [2.75, 3.05) is 13.1 Å². The summed E-state index contributed by atoms with van der Waals surface area (Å²) in [4.78, 5) is 13.7. The van der Waals surface area contributed by atoms with Crippen LogP contribution in [0.4, 0.5) is 0 Å². The third-order valence-corrected chi connectivity index (χ3v) is 2.62. The number of amides is 1. The standard InChI is InChI=1S/C11H15NO.C2H6/c1-2-7-12-8-9-5-3-4-6-10(9)11(12)13;1-2/h5-6H,2-4,7-8H2,1H3;1-2H3. The van der Waals surface area contributed by atoms with Gasteiger partial charge in [-0.1, -0.05) is 32.9 Å². The highest BCUT2D eigenvalue weighted by Crippen LogP contribution is 2.27. The molecule has 2 rings (SSSR count). The van der Waals surface area contributed by atoms with Crippen LogP contribution in [-0.2, 0) is 4.79 Å². The van der Waals surface area contributed by atoms with Crippen molar-refractivity contribution in [1.29, 1.82) is 0 Å². The molecule has 0 N–H and O–H groups in total. The van der Waals surface area contributed by atoms with Crippen LogP contribution in [0, 0.1) is 0 Å². The smallest absolute Gasteiger partial charge is 0.254 e. The first kappa shape index (κ1) is 12.0. The van der Waals surface area contributed by atoms with E-state index in [9.17, 15) is 4.79 Å². The van der Waals surface area contributed by atoms with Crippen LogP contribution in [0.15, 0.2) is 23.3 Å². The second kappa shape index (κ2) is 5.74. The van der Waals surface area contributed by atoms with Crippen LogP contribution in [0.2, 0.25) is 0 Å². The third kappa shape index (κ3) is 2.49. The minimum atomic E-state index is 0.243. The van der Waals surface area contributed by atoms with Gasteiger partial charge in [-0.2, -0.15) is 0 Å². The Kier molecular flexibility index (Phi) is 4.60. The van der Waals surface area contributed by atoms with Gasteiger partial charge in [0.15, 0.2) is 0 Å².